The summed E-state index contributed by atoms with van der Waals surface area (Å²) in [6.07, 6.45) is 3.12. The second-order valence-corrected chi connectivity index (χ2v) is 7.01. The van der Waals surface area contributed by atoms with Gasteiger partial charge in [-0.25, -0.2) is 0 Å². The fourth-order valence-corrected chi connectivity index (χ4v) is 3.80. The van der Waals surface area contributed by atoms with Gasteiger partial charge >= 0.3 is 0 Å². The van der Waals surface area contributed by atoms with Crippen LogP contribution in [0, 0.1) is 6.92 Å². The third kappa shape index (κ3) is 3.13. The third-order valence-corrected chi connectivity index (χ3v) is 5.52. The SMILES string of the molecule is CCc1c(C)nc2ccccc2c1NCC1(N(C)C)CCOCC1. The highest BCUT2D eigenvalue weighted by Gasteiger charge is 2.34. The van der Waals surface area contributed by atoms with Crippen LogP contribution in [0.2, 0.25) is 0 Å². The summed E-state index contributed by atoms with van der Waals surface area (Å²) < 4.78 is 5.60. The van der Waals surface area contributed by atoms with E-state index in [9.17, 15) is 0 Å². The zero-order valence-electron chi connectivity index (χ0n) is 15.4. The molecule has 0 bridgehead atoms. The summed E-state index contributed by atoms with van der Waals surface area (Å²) in [6, 6.07) is 8.43. The molecule has 1 fully saturated rings. The maximum absolute atomic E-state index is 5.60. The highest BCUT2D eigenvalue weighted by Crippen LogP contribution is 2.32. The Labute approximate surface area is 145 Å². The molecule has 1 aromatic carbocycles. The minimum absolute atomic E-state index is 0.154. The first kappa shape index (κ1) is 17.2. The van der Waals surface area contributed by atoms with E-state index < -0.39 is 0 Å². The molecule has 130 valence electrons. The highest BCUT2D eigenvalue weighted by atomic mass is 16.5. The van der Waals surface area contributed by atoms with Crippen molar-refractivity contribution in [2.24, 2.45) is 0 Å². The number of likely N-dealkylation sites (N-methyl/N-ethyl adjacent to an activating group) is 1. The van der Waals surface area contributed by atoms with Crippen molar-refractivity contribution in [3.8, 4) is 0 Å². The first-order valence-corrected chi connectivity index (χ1v) is 8.94. The molecule has 3 rings (SSSR count). The van der Waals surface area contributed by atoms with E-state index in [1.807, 2.05) is 0 Å². The largest absolute Gasteiger partial charge is 0.382 e. The number of pyridine rings is 1. The number of fused-ring (bicyclic) bond motifs is 1. The summed E-state index contributed by atoms with van der Waals surface area (Å²) >= 11 is 0. The fraction of sp³-hybridized carbons (Fsp3) is 0.550. The van der Waals surface area contributed by atoms with Gasteiger partial charge in [0, 0.05) is 42.1 Å². The number of aryl methyl sites for hydroxylation is 1. The predicted octanol–water partition coefficient (Wildman–Crippen LogP) is 3.63. The quantitative estimate of drug-likeness (QED) is 0.910. The number of para-hydroxylation sites is 1. The van der Waals surface area contributed by atoms with Crippen LogP contribution < -0.4 is 5.32 Å². The van der Waals surface area contributed by atoms with E-state index in [1.165, 1.54) is 16.6 Å². The van der Waals surface area contributed by atoms with E-state index in [2.05, 4.69) is 62.4 Å². The van der Waals surface area contributed by atoms with Crippen LogP contribution in [-0.2, 0) is 11.2 Å². The molecule has 1 saturated heterocycles. The topological polar surface area (TPSA) is 37.4 Å². The Morgan fingerprint density at radius 1 is 1.21 bits per heavy atom. The molecule has 0 unspecified atom stereocenters. The van der Waals surface area contributed by atoms with Crippen LogP contribution >= 0.6 is 0 Å². The van der Waals surface area contributed by atoms with Crippen molar-refractivity contribution < 1.29 is 4.74 Å². The second kappa shape index (κ2) is 7.08. The highest BCUT2D eigenvalue weighted by molar-refractivity contribution is 5.93. The molecule has 4 nitrogen and oxygen atoms in total. The molecule has 0 spiro atoms. The number of anilines is 1. The van der Waals surface area contributed by atoms with Crippen LogP contribution in [0.1, 0.15) is 31.0 Å². The van der Waals surface area contributed by atoms with Gasteiger partial charge in [-0.1, -0.05) is 25.1 Å². The summed E-state index contributed by atoms with van der Waals surface area (Å²) in [5.41, 5.74) is 4.94. The van der Waals surface area contributed by atoms with Gasteiger partial charge in [0.15, 0.2) is 0 Å². The number of hydrogen-bond acceptors (Lipinski definition) is 4. The van der Waals surface area contributed by atoms with Gasteiger partial charge in [0.05, 0.1) is 5.52 Å². The first-order valence-electron chi connectivity index (χ1n) is 8.94. The monoisotopic (exact) mass is 327 g/mol. The van der Waals surface area contributed by atoms with Crippen molar-refractivity contribution in [1.82, 2.24) is 9.88 Å². The van der Waals surface area contributed by atoms with Crippen LogP contribution in [0.15, 0.2) is 24.3 Å². The van der Waals surface area contributed by atoms with Crippen molar-refractivity contribution in [3.63, 3.8) is 0 Å². The van der Waals surface area contributed by atoms with Crippen molar-refractivity contribution in [1.29, 1.82) is 0 Å². The van der Waals surface area contributed by atoms with Gasteiger partial charge in [-0.3, -0.25) is 4.98 Å². The van der Waals surface area contributed by atoms with Gasteiger partial charge in [-0.2, -0.15) is 0 Å². The Balaban J connectivity index is 1.96. The second-order valence-electron chi connectivity index (χ2n) is 7.01. The van der Waals surface area contributed by atoms with E-state index in [4.69, 9.17) is 9.72 Å². The molecule has 0 saturated carbocycles. The van der Waals surface area contributed by atoms with E-state index in [0.717, 1.165) is 50.2 Å². The molecule has 1 N–H and O–H groups in total. The molecule has 0 aliphatic carbocycles. The first-order chi connectivity index (χ1) is 11.6. The Morgan fingerprint density at radius 3 is 2.58 bits per heavy atom. The molecule has 0 atom stereocenters. The molecule has 0 amide bonds. The van der Waals surface area contributed by atoms with Crippen LogP contribution in [0.5, 0.6) is 0 Å². The average Bonchev–Trinajstić information content (AvgIpc) is 2.60. The summed E-state index contributed by atoms with van der Waals surface area (Å²) in [4.78, 5) is 7.15. The Kier molecular flexibility index (Phi) is 5.07. The standard InChI is InChI=1S/C20H29N3O/c1-5-16-15(2)22-18-9-7-6-8-17(18)19(16)21-14-20(23(3)4)10-12-24-13-11-20/h6-9H,5,10-14H2,1-4H3,(H,21,22). The Hall–Kier alpha value is -1.65. The van der Waals surface area contributed by atoms with E-state index in [1.54, 1.807) is 0 Å². The zero-order chi connectivity index (χ0) is 17.2. The number of nitrogens with zero attached hydrogens (tertiary/aromatic N) is 2. The van der Waals surface area contributed by atoms with E-state index in [0.29, 0.717) is 0 Å². The number of rotatable bonds is 5. The number of hydrogen-bond donors (Lipinski definition) is 1. The van der Waals surface area contributed by atoms with Crippen LogP contribution in [-0.4, -0.2) is 49.3 Å². The molecule has 1 aliphatic heterocycles. The molecule has 1 aliphatic rings. The fourth-order valence-electron chi connectivity index (χ4n) is 3.80. The van der Waals surface area contributed by atoms with Crippen LogP contribution in [0.4, 0.5) is 5.69 Å². The molecular formula is C20H29N3O. The molecule has 2 heterocycles. The predicted molar refractivity (Wildman–Crippen MR) is 101 cm³/mol. The van der Waals surface area contributed by atoms with Gasteiger partial charge in [0.25, 0.3) is 0 Å². The van der Waals surface area contributed by atoms with Crippen molar-refractivity contribution in [2.45, 2.75) is 38.6 Å². The van der Waals surface area contributed by atoms with Gasteiger partial charge in [-0.05, 0) is 51.9 Å². The number of benzene rings is 1. The van der Waals surface area contributed by atoms with Crippen molar-refractivity contribution in [2.75, 3.05) is 39.2 Å². The molecule has 4 heteroatoms. The maximum atomic E-state index is 5.60. The van der Waals surface area contributed by atoms with E-state index >= 15 is 0 Å². The number of ether oxygens (including phenoxy) is 1. The minimum atomic E-state index is 0.154. The number of nitrogens with one attached hydrogen (secondary N) is 1. The maximum Gasteiger partial charge on any atom is 0.0726 e. The zero-order valence-corrected chi connectivity index (χ0v) is 15.4. The van der Waals surface area contributed by atoms with Gasteiger partial charge in [0.2, 0.25) is 0 Å². The van der Waals surface area contributed by atoms with Gasteiger partial charge in [0.1, 0.15) is 0 Å². The molecule has 0 radical (unpaired) electrons. The summed E-state index contributed by atoms with van der Waals surface area (Å²) in [5, 5.41) is 5.03. The lowest BCUT2D eigenvalue weighted by Gasteiger charge is -2.43. The van der Waals surface area contributed by atoms with E-state index in [-0.39, 0.29) is 5.54 Å². The smallest absolute Gasteiger partial charge is 0.0726 e. The van der Waals surface area contributed by atoms with Gasteiger partial charge in [-0.15, -0.1) is 0 Å². The molecule has 1 aromatic heterocycles. The lowest BCUT2D eigenvalue weighted by molar-refractivity contribution is -0.000622. The normalized spacial score (nSPS) is 17.4. The Bertz CT molecular complexity index is 705. The third-order valence-electron chi connectivity index (χ3n) is 5.52. The summed E-state index contributed by atoms with van der Waals surface area (Å²) in [7, 11) is 4.37. The van der Waals surface area contributed by atoms with Crippen molar-refractivity contribution in [3.05, 3.63) is 35.5 Å². The lowest BCUT2D eigenvalue weighted by atomic mass is 9.88. The van der Waals surface area contributed by atoms with Crippen LogP contribution in [0.3, 0.4) is 0 Å². The van der Waals surface area contributed by atoms with Crippen molar-refractivity contribution >= 4 is 16.6 Å². The molecule has 24 heavy (non-hydrogen) atoms. The number of aromatic nitrogens is 1. The molecular weight excluding hydrogens is 298 g/mol. The minimum Gasteiger partial charge on any atom is -0.382 e. The molecule has 2 aromatic rings. The van der Waals surface area contributed by atoms with Crippen LogP contribution in [0.25, 0.3) is 10.9 Å². The average molecular weight is 327 g/mol. The summed E-state index contributed by atoms with van der Waals surface area (Å²) in [5.74, 6) is 0. The Morgan fingerprint density at radius 2 is 1.92 bits per heavy atom. The lowest BCUT2D eigenvalue weighted by Crippen LogP contribution is -2.53. The van der Waals surface area contributed by atoms with Gasteiger partial charge < -0.3 is 15.0 Å². The summed E-state index contributed by atoms with van der Waals surface area (Å²) in [6.45, 7) is 6.95.